The molecule has 2 amide bonds. The molecule has 1 atom stereocenters. The SMILES string of the molecule is COc1ccc(C)cc1NC(=O)C(C)Sc1nc(C)c(CC(N)=O)s1. The van der Waals surface area contributed by atoms with Crippen LogP contribution in [0.5, 0.6) is 5.75 Å². The summed E-state index contributed by atoms with van der Waals surface area (Å²) in [6.07, 6.45) is 0.172. The van der Waals surface area contributed by atoms with Gasteiger partial charge in [-0.3, -0.25) is 9.59 Å². The number of thioether (sulfide) groups is 1. The number of primary amides is 1. The molecule has 8 heteroatoms. The molecule has 3 N–H and O–H groups in total. The van der Waals surface area contributed by atoms with Gasteiger partial charge in [0, 0.05) is 4.88 Å². The summed E-state index contributed by atoms with van der Waals surface area (Å²) in [6.45, 7) is 5.60. The fourth-order valence-electron chi connectivity index (χ4n) is 2.13. The predicted octanol–water partition coefficient (Wildman–Crippen LogP) is 2.92. The first-order chi connectivity index (χ1) is 11.8. The number of aromatic nitrogens is 1. The Morgan fingerprint density at radius 1 is 1.40 bits per heavy atom. The van der Waals surface area contributed by atoms with Gasteiger partial charge in [-0.15, -0.1) is 11.3 Å². The summed E-state index contributed by atoms with van der Waals surface area (Å²) in [6, 6.07) is 5.61. The van der Waals surface area contributed by atoms with Crippen LogP contribution in [-0.2, 0) is 16.0 Å². The molecule has 2 aromatic rings. The Morgan fingerprint density at radius 3 is 2.76 bits per heavy atom. The molecule has 25 heavy (non-hydrogen) atoms. The summed E-state index contributed by atoms with van der Waals surface area (Å²) in [4.78, 5) is 28.8. The summed E-state index contributed by atoms with van der Waals surface area (Å²) in [5.74, 6) is 0.0869. The van der Waals surface area contributed by atoms with Gasteiger partial charge >= 0.3 is 0 Å². The lowest BCUT2D eigenvalue weighted by molar-refractivity contribution is -0.117. The first-order valence-electron chi connectivity index (χ1n) is 7.67. The van der Waals surface area contributed by atoms with Crippen molar-refractivity contribution < 1.29 is 14.3 Å². The van der Waals surface area contributed by atoms with E-state index in [0.29, 0.717) is 11.4 Å². The molecule has 0 bridgehead atoms. The van der Waals surface area contributed by atoms with Crippen molar-refractivity contribution in [3.63, 3.8) is 0 Å². The summed E-state index contributed by atoms with van der Waals surface area (Å²) < 4.78 is 6.02. The highest BCUT2D eigenvalue weighted by molar-refractivity contribution is 8.02. The summed E-state index contributed by atoms with van der Waals surface area (Å²) >= 11 is 2.75. The predicted molar refractivity (Wildman–Crippen MR) is 101 cm³/mol. The van der Waals surface area contributed by atoms with E-state index in [0.717, 1.165) is 20.5 Å². The highest BCUT2D eigenvalue weighted by Gasteiger charge is 2.19. The number of nitrogens with two attached hydrogens (primary N) is 1. The van der Waals surface area contributed by atoms with Crippen molar-refractivity contribution in [3.8, 4) is 5.75 Å². The van der Waals surface area contributed by atoms with Crippen LogP contribution in [0.4, 0.5) is 5.69 Å². The average Bonchev–Trinajstić information content (AvgIpc) is 2.86. The highest BCUT2D eigenvalue weighted by Crippen LogP contribution is 2.32. The van der Waals surface area contributed by atoms with E-state index in [2.05, 4.69) is 10.3 Å². The number of hydrogen-bond acceptors (Lipinski definition) is 6. The number of benzene rings is 1. The van der Waals surface area contributed by atoms with Crippen molar-refractivity contribution in [2.75, 3.05) is 12.4 Å². The molecule has 0 aliphatic carbocycles. The minimum atomic E-state index is -0.388. The number of carbonyl (C=O) groups excluding carboxylic acids is 2. The zero-order valence-electron chi connectivity index (χ0n) is 14.6. The number of hydrogen-bond donors (Lipinski definition) is 2. The lowest BCUT2D eigenvalue weighted by Crippen LogP contribution is -2.22. The Bertz CT molecular complexity index is 789. The van der Waals surface area contributed by atoms with Gasteiger partial charge in [0.25, 0.3) is 0 Å². The lowest BCUT2D eigenvalue weighted by Gasteiger charge is -2.14. The molecule has 1 unspecified atom stereocenters. The monoisotopic (exact) mass is 379 g/mol. The Balaban J connectivity index is 2.06. The average molecular weight is 380 g/mol. The van der Waals surface area contributed by atoms with Crippen LogP contribution in [0.25, 0.3) is 0 Å². The smallest absolute Gasteiger partial charge is 0.237 e. The van der Waals surface area contributed by atoms with Gasteiger partial charge in [0.15, 0.2) is 4.34 Å². The van der Waals surface area contributed by atoms with Crippen LogP contribution in [-0.4, -0.2) is 29.2 Å². The van der Waals surface area contributed by atoms with Crippen LogP contribution in [0, 0.1) is 13.8 Å². The number of nitrogens with one attached hydrogen (secondary N) is 1. The number of amides is 2. The second-order valence-corrected chi connectivity index (χ2v) is 8.26. The van der Waals surface area contributed by atoms with Crippen LogP contribution in [0.1, 0.15) is 23.1 Å². The normalized spacial score (nSPS) is 11.8. The first-order valence-corrected chi connectivity index (χ1v) is 9.36. The standard InChI is InChI=1S/C17H21N3O3S2/c1-9-5-6-13(23-4)12(7-9)20-16(22)11(3)24-17-19-10(2)14(25-17)8-15(18)21/h5-7,11H,8H2,1-4H3,(H2,18,21)(H,20,22). The van der Waals surface area contributed by atoms with Crippen molar-refractivity contribution in [2.24, 2.45) is 5.73 Å². The maximum atomic E-state index is 12.5. The van der Waals surface area contributed by atoms with Gasteiger partial charge in [-0.05, 0) is 38.5 Å². The maximum absolute atomic E-state index is 12.5. The molecule has 0 radical (unpaired) electrons. The molecule has 0 saturated heterocycles. The maximum Gasteiger partial charge on any atom is 0.237 e. The number of aryl methyl sites for hydroxylation is 2. The van der Waals surface area contributed by atoms with Gasteiger partial charge in [0.1, 0.15) is 5.75 Å². The van der Waals surface area contributed by atoms with Crippen LogP contribution in [0.2, 0.25) is 0 Å². The molecule has 0 fully saturated rings. The number of methoxy groups -OCH3 is 1. The number of rotatable bonds is 7. The third kappa shape index (κ3) is 5.20. The molecular weight excluding hydrogens is 358 g/mol. The van der Waals surface area contributed by atoms with Gasteiger partial charge in [-0.2, -0.15) is 0 Å². The summed E-state index contributed by atoms with van der Waals surface area (Å²) in [5.41, 5.74) is 7.69. The van der Waals surface area contributed by atoms with Crippen molar-refractivity contribution in [1.29, 1.82) is 0 Å². The topological polar surface area (TPSA) is 94.3 Å². The number of thiazole rings is 1. The van der Waals surface area contributed by atoms with Crippen LogP contribution in [0.3, 0.4) is 0 Å². The van der Waals surface area contributed by atoms with Gasteiger partial charge in [-0.1, -0.05) is 17.8 Å². The number of ether oxygens (including phenoxy) is 1. The third-order valence-corrected chi connectivity index (χ3v) is 5.82. The third-order valence-electron chi connectivity index (χ3n) is 3.47. The fraction of sp³-hybridized carbons (Fsp3) is 0.353. The fourth-order valence-corrected chi connectivity index (χ4v) is 4.52. The zero-order chi connectivity index (χ0) is 18.6. The highest BCUT2D eigenvalue weighted by atomic mass is 32.2. The molecule has 1 heterocycles. The van der Waals surface area contributed by atoms with Crippen molar-refractivity contribution >= 4 is 40.6 Å². The molecule has 0 spiro atoms. The van der Waals surface area contributed by atoms with E-state index in [1.54, 1.807) is 7.11 Å². The molecule has 0 saturated carbocycles. The van der Waals surface area contributed by atoms with Crippen LogP contribution >= 0.6 is 23.1 Å². The second-order valence-electron chi connectivity index (χ2n) is 5.58. The molecule has 6 nitrogen and oxygen atoms in total. The minimum Gasteiger partial charge on any atom is -0.495 e. The van der Waals surface area contributed by atoms with E-state index in [-0.39, 0.29) is 23.5 Å². The molecule has 1 aromatic heterocycles. The van der Waals surface area contributed by atoms with Gasteiger partial charge in [0.2, 0.25) is 11.8 Å². The lowest BCUT2D eigenvalue weighted by atomic mass is 10.2. The number of nitrogens with zero attached hydrogens (tertiary/aromatic N) is 1. The summed E-state index contributed by atoms with van der Waals surface area (Å²) in [5, 5.41) is 2.54. The Labute approximate surface area is 155 Å². The van der Waals surface area contributed by atoms with Crippen molar-refractivity contribution in [3.05, 3.63) is 34.3 Å². The number of anilines is 1. The van der Waals surface area contributed by atoms with Crippen LogP contribution < -0.4 is 15.8 Å². The van der Waals surface area contributed by atoms with Gasteiger partial charge in [-0.25, -0.2) is 4.98 Å². The first kappa shape index (κ1) is 19.3. The van der Waals surface area contributed by atoms with Gasteiger partial charge in [0.05, 0.1) is 30.2 Å². The number of carbonyl (C=O) groups is 2. The molecular formula is C17H21N3O3S2. The van der Waals surface area contributed by atoms with Crippen LogP contribution in [0.15, 0.2) is 22.5 Å². The minimum absolute atomic E-state index is 0.141. The second kappa shape index (κ2) is 8.35. The Morgan fingerprint density at radius 2 is 2.12 bits per heavy atom. The summed E-state index contributed by atoms with van der Waals surface area (Å²) in [7, 11) is 1.57. The molecule has 0 aliphatic heterocycles. The zero-order valence-corrected chi connectivity index (χ0v) is 16.2. The quantitative estimate of drug-likeness (QED) is 0.721. The van der Waals surface area contributed by atoms with E-state index in [1.165, 1.54) is 23.1 Å². The van der Waals surface area contributed by atoms with E-state index in [1.807, 2.05) is 39.0 Å². The van der Waals surface area contributed by atoms with Gasteiger partial charge < -0.3 is 15.8 Å². The van der Waals surface area contributed by atoms with E-state index >= 15 is 0 Å². The van der Waals surface area contributed by atoms with E-state index in [9.17, 15) is 9.59 Å². The molecule has 0 aliphatic rings. The molecule has 2 rings (SSSR count). The Kier molecular flexibility index (Phi) is 6.44. The largest absolute Gasteiger partial charge is 0.495 e. The van der Waals surface area contributed by atoms with E-state index < -0.39 is 0 Å². The van der Waals surface area contributed by atoms with E-state index in [4.69, 9.17) is 10.5 Å². The van der Waals surface area contributed by atoms with Crippen molar-refractivity contribution in [2.45, 2.75) is 36.8 Å². The van der Waals surface area contributed by atoms with Crippen molar-refractivity contribution in [1.82, 2.24) is 4.98 Å². The molecule has 134 valence electrons. The molecule has 1 aromatic carbocycles. The Hall–Kier alpha value is -2.06.